The number of nitrogens with zero attached hydrogens (tertiary/aromatic N) is 4. The third-order valence-electron chi connectivity index (χ3n) is 5.14. The van der Waals surface area contributed by atoms with Crippen LogP contribution in [0.25, 0.3) is 0 Å². The van der Waals surface area contributed by atoms with Gasteiger partial charge in [0.15, 0.2) is 4.87 Å². The predicted molar refractivity (Wildman–Crippen MR) is 96.9 cm³/mol. The van der Waals surface area contributed by atoms with Crippen LogP contribution < -0.4 is 0 Å². The third kappa shape index (κ3) is 2.34. The second-order valence-electron chi connectivity index (χ2n) is 7.00. The number of nitriles is 1. The first kappa shape index (κ1) is 15.9. The number of ether oxygens (including phenoxy) is 1. The Labute approximate surface area is 147 Å². The van der Waals surface area contributed by atoms with Gasteiger partial charge in [0.05, 0.1) is 43.0 Å². The largest absolute Gasteiger partial charge is 0.375 e. The van der Waals surface area contributed by atoms with Gasteiger partial charge >= 0.3 is 0 Å². The van der Waals surface area contributed by atoms with Gasteiger partial charge in [0.25, 0.3) is 0 Å². The van der Waals surface area contributed by atoms with E-state index in [1.54, 1.807) is 11.8 Å². The minimum Gasteiger partial charge on any atom is -0.375 e. The Hall–Kier alpha value is -1.58. The van der Waals surface area contributed by atoms with E-state index in [0.29, 0.717) is 25.0 Å². The van der Waals surface area contributed by atoms with E-state index in [4.69, 9.17) is 15.0 Å². The van der Waals surface area contributed by atoms with Crippen LogP contribution in [0.5, 0.6) is 0 Å². The molecule has 1 fully saturated rings. The molecule has 0 aromatic rings. The zero-order valence-corrected chi connectivity index (χ0v) is 14.9. The summed E-state index contributed by atoms with van der Waals surface area (Å²) < 4.78 is 5.96. The lowest BCUT2D eigenvalue weighted by atomic mass is 9.95. The highest BCUT2D eigenvalue weighted by atomic mass is 32.2. The van der Waals surface area contributed by atoms with Crippen molar-refractivity contribution in [2.45, 2.75) is 56.2 Å². The molecular formula is C18H22N4OS. The SMILES string of the molecule is CC(C)C1=NC23SC=CC2=NC=CC3N1[C@H]1CC[C@H](CC#N)OC1. The summed E-state index contributed by atoms with van der Waals surface area (Å²) in [4.78, 5) is 11.9. The summed E-state index contributed by atoms with van der Waals surface area (Å²) in [5.74, 6) is 1.51. The van der Waals surface area contributed by atoms with E-state index in [-0.39, 0.29) is 17.0 Å². The summed E-state index contributed by atoms with van der Waals surface area (Å²) in [5.41, 5.74) is 1.06. The normalized spacial score (nSPS) is 37.1. The lowest BCUT2D eigenvalue weighted by Crippen LogP contribution is -2.55. The van der Waals surface area contributed by atoms with Crippen molar-refractivity contribution in [3.8, 4) is 6.07 Å². The van der Waals surface area contributed by atoms with Crippen LogP contribution >= 0.6 is 11.8 Å². The van der Waals surface area contributed by atoms with Crippen LogP contribution in [0, 0.1) is 17.2 Å². The minimum absolute atomic E-state index is 0.0868. The zero-order chi connectivity index (χ0) is 16.7. The summed E-state index contributed by atoms with van der Waals surface area (Å²) in [6.45, 7) is 5.08. The molecule has 2 unspecified atom stereocenters. The molecule has 0 radical (unpaired) electrons. The molecule has 4 aliphatic heterocycles. The van der Waals surface area contributed by atoms with Gasteiger partial charge in [0.1, 0.15) is 5.84 Å². The molecule has 5 nitrogen and oxygen atoms in total. The average Bonchev–Trinajstić information content (AvgIpc) is 3.14. The Kier molecular flexibility index (Phi) is 4.01. The Morgan fingerprint density at radius 1 is 1.50 bits per heavy atom. The van der Waals surface area contributed by atoms with Gasteiger partial charge in [-0.1, -0.05) is 25.6 Å². The van der Waals surface area contributed by atoms with E-state index in [1.807, 2.05) is 6.20 Å². The maximum atomic E-state index is 8.88. The quantitative estimate of drug-likeness (QED) is 0.791. The van der Waals surface area contributed by atoms with Crippen molar-refractivity contribution in [3.05, 3.63) is 23.8 Å². The molecular weight excluding hydrogens is 320 g/mol. The third-order valence-corrected chi connectivity index (χ3v) is 6.32. The van der Waals surface area contributed by atoms with Crippen LogP contribution in [0.4, 0.5) is 0 Å². The van der Waals surface area contributed by atoms with Gasteiger partial charge in [0.2, 0.25) is 0 Å². The fraction of sp³-hybridized carbons (Fsp3) is 0.611. The number of hydrogen-bond acceptors (Lipinski definition) is 6. The van der Waals surface area contributed by atoms with Crippen molar-refractivity contribution < 1.29 is 4.74 Å². The molecule has 0 aliphatic carbocycles. The molecule has 0 aromatic carbocycles. The molecule has 126 valence electrons. The van der Waals surface area contributed by atoms with E-state index in [2.05, 4.69) is 47.4 Å². The van der Waals surface area contributed by atoms with E-state index in [0.717, 1.165) is 24.4 Å². The van der Waals surface area contributed by atoms with Gasteiger partial charge in [-0.05, 0) is 30.4 Å². The first-order valence-electron chi connectivity index (χ1n) is 8.61. The second-order valence-corrected chi connectivity index (χ2v) is 8.13. The van der Waals surface area contributed by atoms with Crippen molar-refractivity contribution >= 4 is 23.3 Å². The van der Waals surface area contributed by atoms with Gasteiger partial charge in [0, 0.05) is 12.1 Å². The Balaban J connectivity index is 1.62. The van der Waals surface area contributed by atoms with Crippen LogP contribution in [0.15, 0.2) is 33.7 Å². The monoisotopic (exact) mass is 342 g/mol. The molecule has 4 heterocycles. The summed E-state index contributed by atoms with van der Waals surface area (Å²) in [6.07, 6.45) is 8.75. The molecule has 0 saturated carbocycles. The van der Waals surface area contributed by atoms with Crippen LogP contribution in [0.1, 0.15) is 33.1 Å². The Morgan fingerprint density at radius 3 is 3.08 bits per heavy atom. The van der Waals surface area contributed by atoms with E-state index in [9.17, 15) is 0 Å². The van der Waals surface area contributed by atoms with Crippen LogP contribution in [-0.4, -0.2) is 46.1 Å². The summed E-state index contributed by atoms with van der Waals surface area (Å²) >= 11 is 1.77. The van der Waals surface area contributed by atoms with E-state index < -0.39 is 0 Å². The summed E-state index contributed by atoms with van der Waals surface area (Å²) in [7, 11) is 0. The number of thioether (sulfide) groups is 1. The first-order valence-corrected chi connectivity index (χ1v) is 9.49. The molecule has 0 aromatic heterocycles. The van der Waals surface area contributed by atoms with Gasteiger partial charge in [-0.3, -0.25) is 4.99 Å². The number of aliphatic imine (C=N–C) groups is 2. The average molecular weight is 342 g/mol. The number of hydrogen-bond donors (Lipinski definition) is 0. The smallest absolute Gasteiger partial charge is 0.177 e. The fourth-order valence-electron chi connectivity index (χ4n) is 3.99. The minimum atomic E-state index is -0.308. The molecule has 4 rings (SSSR count). The second kappa shape index (κ2) is 6.05. The van der Waals surface area contributed by atoms with Gasteiger partial charge < -0.3 is 9.64 Å². The van der Waals surface area contributed by atoms with Crippen molar-refractivity contribution in [2.24, 2.45) is 15.9 Å². The van der Waals surface area contributed by atoms with E-state index in [1.165, 1.54) is 0 Å². The molecule has 4 aliphatic rings. The summed E-state index contributed by atoms with van der Waals surface area (Å²) in [6, 6.07) is 2.74. The highest BCUT2D eigenvalue weighted by Crippen LogP contribution is 2.48. The maximum absolute atomic E-state index is 8.88. The highest BCUT2D eigenvalue weighted by Gasteiger charge is 2.55. The van der Waals surface area contributed by atoms with Crippen molar-refractivity contribution in [2.75, 3.05) is 6.61 Å². The van der Waals surface area contributed by atoms with E-state index >= 15 is 0 Å². The standard InChI is InChI=1S/C18H22N4OS/c1-12(2)17-21-18-15(7-10-24-18)20-9-6-16(18)22(17)13-3-4-14(5-8-19)23-11-13/h6-7,9-10,12-14,16H,3-5,11H2,1-2H3/t13-,14+,16?,18?/m0/s1. The molecule has 24 heavy (non-hydrogen) atoms. The number of amidine groups is 1. The zero-order valence-electron chi connectivity index (χ0n) is 14.1. The van der Waals surface area contributed by atoms with Crippen LogP contribution in [0.3, 0.4) is 0 Å². The molecule has 1 saturated heterocycles. The molecule has 0 amide bonds. The van der Waals surface area contributed by atoms with Crippen molar-refractivity contribution in [3.63, 3.8) is 0 Å². The molecule has 6 heteroatoms. The molecule has 0 bridgehead atoms. The van der Waals surface area contributed by atoms with Gasteiger partial charge in [-0.25, -0.2) is 4.99 Å². The van der Waals surface area contributed by atoms with Gasteiger partial charge in [-0.15, -0.1) is 0 Å². The van der Waals surface area contributed by atoms with Crippen LogP contribution in [-0.2, 0) is 4.74 Å². The first-order chi connectivity index (χ1) is 11.7. The Bertz CT molecular complexity index is 682. The number of rotatable bonds is 3. The lowest BCUT2D eigenvalue weighted by molar-refractivity contribution is -0.0226. The molecule has 0 N–H and O–H groups in total. The van der Waals surface area contributed by atoms with Crippen molar-refractivity contribution in [1.82, 2.24) is 4.90 Å². The highest BCUT2D eigenvalue weighted by molar-refractivity contribution is 8.04. The molecule has 4 atom stereocenters. The predicted octanol–water partition coefficient (Wildman–Crippen LogP) is 3.11. The topological polar surface area (TPSA) is 61.0 Å². The van der Waals surface area contributed by atoms with Crippen molar-refractivity contribution in [1.29, 1.82) is 5.26 Å². The van der Waals surface area contributed by atoms with Gasteiger partial charge in [-0.2, -0.15) is 5.26 Å². The molecule has 1 spiro atoms. The fourth-order valence-corrected chi connectivity index (χ4v) is 5.11. The Morgan fingerprint density at radius 2 is 2.38 bits per heavy atom. The summed E-state index contributed by atoms with van der Waals surface area (Å²) in [5, 5.41) is 11.0. The van der Waals surface area contributed by atoms with Crippen LogP contribution in [0.2, 0.25) is 0 Å². The maximum Gasteiger partial charge on any atom is 0.177 e. The lowest BCUT2D eigenvalue weighted by Gasteiger charge is -2.42.